The van der Waals surface area contributed by atoms with E-state index in [1.54, 1.807) is 0 Å². The molecule has 3 aliphatic heterocycles. The van der Waals surface area contributed by atoms with Crippen LogP contribution in [0.4, 0.5) is 0 Å². The lowest BCUT2D eigenvalue weighted by Crippen LogP contribution is -2.67. The summed E-state index contributed by atoms with van der Waals surface area (Å²) in [6.45, 7) is 7.89. The molecule has 194 valence electrons. The van der Waals surface area contributed by atoms with Crippen molar-refractivity contribution in [2.24, 2.45) is 29.6 Å². The number of hydrogen-bond donors (Lipinski definition) is 3. The first-order chi connectivity index (χ1) is 16.3. The molecule has 6 nitrogen and oxygen atoms in total. The fourth-order valence-electron chi connectivity index (χ4n) is 8.31. The maximum absolute atomic E-state index is 8.93. The second kappa shape index (κ2) is 10.4. The molecular weight excluding hydrogens is 444 g/mol. The summed E-state index contributed by atoms with van der Waals surface area (Å²) in [6.07, 6.45) is 12.5. The molecule has 7 heteroatoms. The summed E-state index contributed by atoms with van der Waals surface area (Å²) in [6, 6.07) is 1.04. The summed E-state index contributed by atoms with van der Waals surface area (Å²) >= 11 is 6.46. The number of likely N-dealkylation sites (N-methyl/N-ethyl adjacent to an activating group) is 1. The summed E-state index contributed by atoms with van der Waals surface area (Å²) < 4.78 is 0. The van der Waals surface area contributed by atoms with Crippen molar-refractivity contribution in [1.29, 1.82) is 5.41 Å². The zero-order valence-electron chi connectivity index (χ0n) is 22.0. The first kappa shape index (κ1) is 25.1. The Morgan fingerprint density at radius 3 is 2.44 bits per heavy atom. The van der Waals surface area contributed by atoms with Crippen LogP contribution in [0.1, 0.15) is 71.6 Å². The Kier molecular flexibility index (Phi) is 7.70. The van der Waals surface area contributed by atoms with Gasteiger partial charge in [-0.3, -0.25) is 16.0 Å². The molecule has 7 atom stereocenters. The summed E-state index contributed by atoms with van der Waals surface area (Å²) in [4.78, 5) is 7.14. The SMILES string of the molecule is CC(C)C1CCCCC1C1NCC2C(N1)N(CC1CCC(C3CC(Cl)CN3C)CC1)C(=N)N2C. The van der Waals surface area contributed by atoms with Gasteiger partial charge in [0.25, 0.3) is 0 Å². The summed E-state index contributed by atoms with van der Waals surface area (Å²) in [5.74, 6) is 4.49. The van der Waals surface area contributed by atoms with Gasteiger partial charge >= 0.3 is 0 Å². The number of nitrogens with one attached hydrogen (secondary N) is 3. The molecule has 5 fully saturated rings. The van der Waals surface area contributed by atoms with Gasteiger partial charge in [-0.15, -0.1) is 11.6 Å². The Hall–Kier alpha value is -0.560. The summed E-state index contributed by atoms with van der Waals surface area (Å²) in [5.41, 5.74) is 0. The van der Waals surface area contributed by atoms with Gasteiger partial charge in [0.1, 0.15) is 6.17 Å². The minimum atomic E-state index is 0.272. The zero-order chi connectivity index (χ0) is 24.0. The van der Waals surface area contributed by atoms with Crippen molar-refractivity contribution in [3.05, 3.63) is 0 Å². The lowest BCUT2D eigenvalue weighted by atomic mass is 9.71. The highest BCUT2D eigenvalue weighted by Crippen LogP contribution is 2.40. The molecule has 34 heavy (non-hydrogen) atoms. The van der Waals surface area contributed by atoms with Gasteiger partial charge in [0.2, 0.25) is 0 Å². The van der Waals surface area contributed by atoms with Crippen LogP contribution in [0.5, 0.6) is 0 Å². The highest BCUT2D eigenvalue weighted by atomic mass is 35.5. The molecule has 5 rings (SSSR count). The molecule has 0 bridgehead atoms. The van der Waals surface area contributed by atoms with E-state index in [9.17, 15) is 0 Å². The third-order valence-electron chi connectivity index (χ3n) is 10.3. The third-order valence-corrected chi connectivity index (χ3v) is 10.6. The number of guanidine groups is 1. The van der Waals surface area contributed by atoms with Crippen LogP contribution in [0, 0.1) is 35.0 Å². The normalized spacial score (nSPS) is 44.2. The average Bonchev–Trinajstić information content (AvgIpc) is 3.30. The number of rotatable bonds is 5. The van der Waals surface area contributed by atoms with Gasteiger partial charge in [0, 0.05) is 38.1 Å². The quantitative estimate of drug-likeness (QED) is 0.507. The first-order valence-corrected chi connectivity index (χ1v) is 14.7. The molecule has 0 aromatic rings. The van der Waals surface area contributed by atoms with E-state index in [0.29, 0.717) is 35.5 Å². The van der Waals surface area contributed by atoms with E-state index < -0.39 is 0 Å². The number of likely N-dealkylation sites (tertiary alicyclic amines) is 1. The van der Waals surface area contributed by atoms with Crippen molar-refractivity contribution in [2.45, 2.75) is 101 Å². The van der Waals surface area contributed by atoms with Gasteiger partial charge in [-0.05, 0) is 81.6 Å². The van der Waals surface area contributed by atoms with Crippen molar-refractivity contribution in [1.82, 2.24) is 25.3 Å². The van der Waals surface area contributed by atoms with Crippen LogP contribution >= 0.6 is 11.6 Å². The van der Waals surface area contributed by atoms with E-state index in [1.165, 1.54) is 51.4 Å². The van der Waals surface area contributed by atoms with Gasteiger partial charge in [0.15, 0.2) is 5.96 Å². The minimum absolute atomic E-state index is 0.272. The second-order valence-electron chi connectivity index (χ2n) is 12.6. The second-order valence-corrected chi connectivity index (χ2v) is 13.2. The van der Waals surface area contributed by atoms with E-state index in [1.807, 2.05) is 0 Å². The van der Waals surface area contributed by atoms with E-state index in [2.05, 4.69) is 53.3 Å². The molecule has 0 radical (unpaired) electrons. The van der Waals surface area contributed by atoms with Crippen LogP contribution in [0.25, 0.3) is 0 Å². The molecular formula is C27H49ClN6. The van der Waals surface area contributed by atoms with Crippen LogP contribution in [0.15, 0.2) is 0 Å². The molecule has 0 aromatic carbocycles. The van der Waals surface area contributed by atoms with Gasteiger partial charge in [-0.2, -0.15) is 0 Å². The number of alkyl halides is 1. The smallest absolute Gasteiger partial charge is 0.195 e. The van der Waals surface area contributed by atoms with E-state index in [4.69, 9.17) is 17.0 Å². The van der Waals surface area contributed by atoms with Crippen molar-refractivity contribution >= 4 is 17.6 Å². The monoisotopic (exact) mass is 492 g/mol. The Balaban J connectivity index is 1.20. The molecule has 2 aliphatic carbocycles. The molecule has 3 saturated heterocycles. The van der Waals surface area contributed by atoms with Crippen molar-refractivity contribution < 1.29 is 0 Å². The fourth-order valence-corrected chi connectivity index (χ4v) is 8.71. The average molecular weight is 493 g/mol. The number of hydrogen-bond acceptors (Lipinski definition) is 4. The molecule has 7 unspecified atom stereocenters. The van der Waals surface area contributed by atoms with Crippen LogP contribution in [-0.2, 0) is 0 Å². The van der Waals surface area contributed by atoms with Crippen LogP contribution in [-0.4, -0.2) is 84.2 Å². The number of nitrogens with zero attached hydrogens (tertiary/aromatic N) is 3. The molecule has 3 N–H and O–H groups in total. The summed E-state index contributed by atoms with van der Waals surface area (Å²) in [5, 5.41) is 17.2. The predicted octanol–water partition coefficient (Wildman–Crippen LogP) is 3.96. The van der Waals surface area contributed by atoms with E-state index in [-0.39, 0.29) is 6.17 Å². The Labute approximate surface area is 213 Å². The summed E-state index contributed by atoms with van der Waals surface area (Å²) in [7, 11) is 4.38. The highest BCUT2D eigenvalue weighted by molar-refractivity contribution is 6.21. The molecule has 0 spiro atoms. The largest absolute Gasteiger partial charge is 0.338 e. The van der Waals surface area contributed by atoms with E-state index in [0.717, 1.165) is 49.8 Å². The predicted molar refractivity (Wildman–Crippen MR) is 141 cm³/mol. The van der Waals surface area contributed by atoms with Gasteiger partial charge in [0.05, 0.1) is 12.2 Å². The lowest BCUT2D eigenvalue weighted by molar-refractivity contribution is 0.0602. The maximum atomic E-state index is 8.93. The minimum Gasteiger partial charge on any atom is -0.338 e. The highest BCUT2D eigenvalue weighted by Gasteiger charge is 2.48. The first-order valence-electron chi connectivity index (χ1n) is 14.2. The zero-order valence-corrected chi connectivity index (χ0v) is 22.7. The van der Waals surface area contributed by atoms with E-state index >= 15 is 0 Å². The molecule has 2 saturated carbocycles. The topological polar surface area (TPSA) is 57.6 Å². The van der Waals surface area contributed by atoms with Crippen molar-refractivity contribution in [2.75, 3.05) is 33.7 Å². The molecule has 3 heterocycles. The number of halogens is 1. The Bertz CT molecular complexity index is 709. The molecule has 0 aromatic heterocycles. The molecule has 5 aliphatic rings. The van der Waals surface area contributed by atoms with Crippen LogP contribution in [0.2, 0.25) is 0 Å². The molecule has 0 amide bonds. The van der Waals surface area contributed by atoms with Crippen LogP contribution < -0.4 is 10.6 Å². The number of fused-ring (bicyclic) bond motifs is 1. The fraction of sp³-hybridized carbons (Fsp3) is 0.963. The van der Waals surface area contributed by atoms with Gasteiger partial charge in [-0.25, -0.2) is 0 Å². The van der Waals surface area contributed by atoms with Crippen molar-refractivity contribution in [3.63, 3.8) is 0 Å². The lowest BCUT2D eigenvalue weighted by Gasteiger charge is -2.46. The Morgan fingerprint density at radius 1 is 1.03 bits per heavy atom. The third kappa shape index (κ3) is 4.86. The van der Waals surface area contributed by atoms with Gasteiger partial charge in [-0.1, -0.05) is 26.7 Å². The van der Waals surface area contributed by atoms with Crippen molar-refractivity contribution in [3.8, 4) is 0 Å². The standard InChI is InChI=1S/C27H49ClN6/c1-17(2)21-7-5-6-8-22(21)25-30-14-24-26(31-25)34(27(29)33(24)4)15-18-9-11-19(12-10-18)23-13-20(28)16-32(23)3/h17-26,29-31H,5-16H2,1-4H3. The maximum Gasteiger partial charge on any atom is 0.195 e. The van der Waals surface area contributed by atoms with Crippen LogP contribution in [0.3, 0.4) is 0 Å². The Morgan fingerprint density at radius 2 is 1.76 bits per heavy atom. The van der Waals surface area contributed by atoms with Gasteiger partial charge < -0.3 is 14.7 Å².